The number of amides is 1. The van der Waals surface area contributed by atoms with Crippen LogP contribution in [0.3, 0.4) is 0 Å². The molecule has 1 fully saturated rings. The molecule has 6 heteroatoms. The van der Waals surface area contributed by atoms with Crippen molar-refractivity contribution < 1.29 is 4.79 Å². The summed E-state index contributed by atoms with van der Waals surface area (Å²) in [6, 6.07) is 1.90. The molecule has 2 aromatic rings. The molecule has 1 aliphatic carbocycles. The summed E-state index contributed by atoms with van der Waals surface area (Å²) in [5.41, 5.74) is 2.17. The number of anilines is 1. The molecule has 24 heavy (non-hydrogen) atoms. The SMILES string of the molecule is Cc1c(NC(=O)C2(n3cccn3)CCNCC2)sc2c1CCCC2. The second-order valence-electron chi connectivity index (χ2n) is 6.85. The smallest absolute Gasteiger partial charge is 0.253 e. The van der Waals surface area contributed by atoms with Gasteiger partial charge in [0.2, 0.25) is 0 Å². The summed E-state index contributed by atoms with van der Waals surface area (Å²) >= 11 is 1.77. The summed E-state index contributed by atoms with van der Waals surface area (Å²) in [5, 5.41) is 12.0. The van der Waals surface area contributed by atoms with Crippen LogP contribution in [-0.4, -0.2) is 28.8 Å². The van der Waals surface area contributed by atoms with Gasteiger partial charge in [-0.3, -0.25) is 9.48 Å². The van der Waals surface area contributed by atoms with Crippen molar-refractivity contribution in [3.05, 3.63) is 34.5 Å². The third-order valence-electron chi connectivity index (χ3n) is 5.46. The minimum Gasteiger partial charge on any atom is -0.317 e. The van der Waals surface area contributed by atoms with Gasteiger partial charge in [0, 0.05) is 17.3 Å². The van der Waals surface area contributed by atoms with Gasteiger partial charge in [-0.1, -0.05) is 0 Å². The second-order valence-corrected chi connectivity index (χ2v) is 7.96. The number of thiophene rings is 1. The predicted molar refractivity (Wildman–Crippen MR) is 96.6 cm³/mol. The van der Waals surface area contributed by atoms with Gasteiger partial charge >= 0.3 is 0 Å². The van der Waals surface area contributed by atoms with Crippen LogP contribution in [-0.2, 0) is 23.2 Å². The van der Waals surface area contributed by atoms with Crippen LogP contribution in [0.25, 0.3) is 0 Å². The molecule has 1 saturated heterocycles. The van der Waals surface area contributed by atoms with Crippen molar-refractivity contribution in [3.63, 3.8) is 0 Å². The van der Waals surface area contributed by atoms with Crippen LogP contribution >= 0.6 is 11.3 Å². The number of nitrogens with zero attached hydrogens (tertiary/aromatic N) is 2. The summed E-state index contributed by atoms with van der Waals surface area (Å²) in [5.74, 6) is 0.0781. The topological polar surface area (TPSA) is 59.0 Å². The maximum Gasteiger partial charge on any atom is 0.253 e. The third-order valence-corrected chi connectivity index (χ3v) is 6.77. The first kappa shape index (κ1) is 15.8. The molecule has 0 unspecified atom stereocenters. The normalized spacial score (nSPS) is 19.7. The minimum absolute atomic E-state index is 0.0781. The Morgan fingerprint density at radius 3 is 2.83 bits per heavy atom. The highest BCUT2D eigenvalue weighted by molar-refractivity contribution is 7.16. The number of rotatable bonds is 3. The van der Waals surface area contributed by atoms with E-state index in [4.69, 9.17) is 0 Å². The summed E-state index contributed by atoms with van der Waals surface area (Å²) in [7, 11) is 0. The standard InChI is InChI=1S/C18H24N4OS/c1-13-14-5-2-3-6-15(14)24-16(13)21-17(23)18(7-10-19-11-8-18)22-12-4-9-20-22/h4,9,12,19H,2-3,5-8,10-11H2,1H3,(H,21,23). The molecule has 0 bridgehead atoms. The van der Waals surface area contributed by atoms with Crippen LogP contribution in [0.5, 0.6) is 0 Å². The molecule has 2 N–H and O–H groups in total. The molecule has 1 aliphatic heterocycles. The van der Waals surface area contributed by atoms with E-state index in [1.807, 2.05) is 16.9 Å². The lowest BCUT2D eigenvalue weighted by Crippen LogP contribution is -2.52. The van der Waals surface area contributed by atoms with Crippen LogP contribution in [0.1, 0.15) is 41.7 Å². The van der Waals surface area contributed by atoms with Crippen molar-refractivity contribution in [2.24, 2.45) is 0 Å². The highest BCUT2D eigenvalue weighted by atomic mass is 32.1. The van der Waals surface area contributed by atoms with Crippen LogP contribution in [0, 0.1) is 6.92 Å². The first-order chi connectivity index (χ1) is 11.7. The first-order valence-corrected chi connectivity index (χ1v) is 9.66. The summed E-state index contributed by atoms with van der Waals surface area (Å²) in [6.45, 7) is 3.83. The Balaban J connectivity index is 1.63. The molecule has 1 amide bonds. The molecule has 2 aromatic heterocycles. The van der Waals surface area contributed by atoms with Gasteiger partial charge in [0.15, 0.2) is 0 Å². The summed E-state index contributed by atoms with van der Waals surface area (Å²) < 4.78 is 1.85. The first-order valence-electron chi connectivity index (χ1n) is 8.84. The van der Waals surface area contributed by atoms with Gasteiger partial charge in [-0.05, 0) is 75.7 Å². The molecule has 0 radical (unpaired) electrons. The van der Waals surface area contributed by atoms with Crippen molar-refractivity contribution in [1.29, 1.82) is 0 Å². The zero-order valence-corrected chi connectivity index (χ0v) is 14.9. The third kappa shape index (κ3) is 2.58. The fraction of sp³-hybridized carbons (Fsp3) is 0.556. The number of nitrogens with one attached hydrogen (secondary N) is 2. The molecule has 0 aromatic carbocycles. The maximum atomic E-state index is 13.3. The van der Waals surface area contributed by atoms with E-state index in [-0.39, 0.29) is 5.91 Å². The lowest BCUT2D eigenvalue weighted by Gasteiger charge is -2.36. The van der Waals surface area contributed by atoms with E-state index in [1.54, 1.807) is 17.5 Å². The Bertz CT molecular complexity index is 729. The van der Waals surface area contributed by atoms with E-state index >= 15 is 0 Å². The summed E-state index contributed by atoms with van der Waals surface area (Å²) in [6.07, 6.45) is 10.1. The number of carbonyl (C=O) groups excluding carboxylic acids is 1. The minimum atomic E-state index is -0.578. The number of aryl methyl sites for hydroxylation is 1. The average Bonchev–Trinajstić information content (AvgIpc) is 3.25. The van der Waals surface area contributed by atoms with Crippen LogP contribution in [0.2, 0.25) is 0 Å². The predicted octanol–water partition coefficient (Wildman–Crippen LogP) is 2.85. The van der Waals surface area contributed by atoms with Crippen LogP contribution in [0.4, 0.5) is 5.00 Å². The lowest BCUT2D eigenvalue weighted by molar-refractivity contribution is -0.126. The molecule has 0 spiro atoms. The van der Waals surface area contributed by atoms with Gasteiger partial charge in [-0.25, -0.2) is 0 Å². The quantitative estimate of drug-likeness (QED) is 0.900. The van der Waals surface area contributed by atoms with Crippen molar-refractivity contribution in [2.45, 2.75) is 51.0 Å². The van der Waals surface area contributed by atoms with E-state index in [0.29, 0.717) is 0 Å². The Morgan fingerprint density at radius 1 is 1.33 bits per heavy atom. The molecule has 2 aliphatic rings. The van der Waals surface area contributed by atoms with Crippen LogP contribution in [0.15, 0.2) is 18.5 Å². The number of fused-ring (bicyclic) bond motifs is 1. The van der Waals surface area contributed by atoms with Gasteiger partial charge in [0.1, 0.15) is 5.54 Å². The number of aromatic nitrogens is 2. The Kier molecular flexibility index (Phi) is 4.18. The molecule has 128 valence electrons. The highest BCUT2D eigenvalue weighted by Crippen LogP contribution is 2.38. The van der Waals surface area contributed by atoms with Crippen LogP contribution < -0.4 is 10.6 Å². The number of piperidine rings is 1. The van der Waals surface area contributed by atoms with Gasteiger partial charge in [0.05, 0.1) is 5.00 Å². The Morgan fingerprint density at radius 2 is 2.12 bits per heavy atom. The van der Waals surface area contributed by atoms with Gasteiger partial charge in [-0.2, -0.15) is 5.10 Å². The largest absolute Gasteiger partial charge is 0.317 e. The monoisotopic (exact) mass is 344 g/mol. The fourth-order valence-electron chi connectivity index (χ4n) is 3.98. The van der Waals surface area contributed by atoms with E-state index in [2.05, 4.69) is 22.7 Å². The molecular weight excluding hydrogens is 320 g/mol. The Hall–Kier alpha value is -1.66. The average molecular weight is 344 g/mol. The highest BCUT2D eigenvalue weighted by Gasteiger charge is 2.42. The van der Waals surface area contributed by atoms with Crippen molar-refractivity contribution in [1.82, 2.24) is 15.1 Å². The summed E-state index contributed by atoms with van der Waals surface area (Å²) in [4.78, 5) is 14.7. The van der Waals surface area contributed by atoms with Gasteiger partial charge in [0.25, 0.3) is 5.91 Å². The van der Waals surface area contributed by atoms with Crippen molar-refractivity contribution in [3.8, 4) is 0 Å². The van der Waals surface area contributed by atoms with Crippen molar-refractivity contribution >= 4 is 22.2 Å². The molecule has 5 nitrogen and oxygen atoms in total. The van der Waals surface area contributed by atoms with E-state index in [1.165, 1.54) is 28.8 Å². The number of hydrogen-bond donors (Lipinski definition) is 2. The maximum absolute atomic E-state index is 13.3. The van der Waals surface area contributed by atoms with E-state index in [9.17, 15) is 4.79 Å². The molecule has 4 rings (SSSR count). The zero-order valence-electron chi connectivity index (χ0n) is 14.1. The molecule has 0 atom stereocenters. The number of hydrogen-bond acceptors (Lipinski definition) is 4. The van der Waals surface area contributed by atoms with Gasteiger partial charge in [-0.15, -0.1) is 11.3 Å². The second kappa shape index (κ2) is 6.33. The molecule has 3 heterocycles. The van der Waals surface area contributed by atoms with Gasteiger partial charge < -0.3 is 10.6 Å². The van der Waals surface area contributed by atoms with E-state index in [0.717, 1.165) is 43.8 Å². The molecular formula is C18H24N4OS. The fourth-order valence-corrected chi connectivity index (χ4v) is 5.28. The van der Waals surface area contributed by atoms with Crippen molar-refractivity contribution in [2.75, 3.05) is 18.4 Å². The lowest BCUT2D eigenvalue weighted by atomic mass is 9.87. The number of carbonyl (C=O) groups is 1. The molecule has 0 saturated carbocycles. The zero-order chi connectivity index (χ0) is 16.6. The Labute approximate surface area is 146 Å². The van der Waals surface area contributed by atoms with E-state index < -0.39 is 5.54 Å².